The van der Waals surface area contributed by atoms with Gasteiger partial charge in [-0.2, -0.15) is 0 Å². The Labute approximate surface area is 131 Å². The van der Waals surface area contributed by atoms with Crippen molar-refractivity contribution in [3.05, 3.63) is 0 Å². The molecule has 0 bridgehead atoms. The van der Waals surface area contributed by atoms with Crippen LogP contribution >= 0.6 is 0 Å². The summed E-state index contributed by atoms with van der Waals surface area (Å²) in [4.78, 5) is 2.18. The molecule has 1 fully saturated rings. The lowest BCUT2D eigenvalue weighted by molar-refractivity contribution is 0.0974. The van der Waals surface area contributed by atoms with Gasteiger partial charge in [0.2, 0.25) is 0 Å². The van der Waals surface area contributed by atoms with Crippen molar-refractivity contribution in [2.24, 2.45) is 17.3 Å². The predicted molar refractivity (Wildman–Crippen MR) is 90.3 cm³/mol. The third-order valence-corrected chi connectivity index (χ3v) is 5.89. The minimum absolute atomic E-state index is 0.253. The van der Waals surface area contributed by atoms with Crippen LogP contribution in [0.3, 0.4) is 0 Å². The molecular weight excluding hydrogens is 284 g/mol. The van der Waals surface area contributed by atoms with Crippen molar-refractivity contribution in [3.8, 4) is 0 Å². The summed E-state index contributed by atoms with van der Waals surface area (Å²) >= 11 is 0. The normalized spacial score (nSPS) is 28.0. The topological polar surface area (TPSA) is 49.4 Å². The maximum atomic E-state index is 11.3. The third-order valence-electron chi connectivity index (χ3n) is 4.97. The number of rotatable bonds is 6. The van der Waals surface area contributed by atoms with Crippen molar-refractivity contribution in [2.75, 3.05) is 39.2 Å². The van der Waals surface area contributed by atoms with E-state index in [1.54, 1.807) is 0 Å². The van der Waals surface area contributed by atoms with Crippen LogP contribution in [-0.4, -0.2) is 58.6 Å². The highest BCUT2D eigenvalue weighted by Crippen LogP contribution is 2.40. The van der Waals surface area contributed by atoms with Crippen molar-refractivity contribution >= 4 is 9.84 Å². The van der Waals surface area contributed by atoms with Crippen LogP contribution in [-0.2, 0) is 9.84 Å². The van der Waals surface area contributed by atoms with Crippen LogP contribution in [0, 0.1) is 17.3 Å². The number of sulfone groups is 1. The van der Waals surface area contributed by atoms with E-state index >= 15 is 0 Å². The summed E-state index contributed by atoms with van der Waals surface area (Å²) in [5.41, 5.74) is 0.363. The minimum Gasteiger partial charge on any atom is -0.317 e. The van der Waals surface area contributed by atoms with E-state index in [0.29, 0.717) is 23.9 Å². The van der Waals surface area contributed by atoms with Gasteiger partial charge in [-0.1, -0.05) is 20.8 Å². The van der Waals surface area contributed by atoms with E-state index in [1.165, 1.54) is 25.5 Å². The molecule has 0 aromatic carbocycles. The molecule has 0 amide bonds. The maximum Gasteiger partial charge on any atom is 0.148 e. The summed E-state index contributed by atoms with van der Waals surface area (Å²) < 4.78 is 22.6. The van der Waals surface area contributed by atoms with Crippen LogP contribution in [0.2, 0.25) is 0 Å². The number of hydrogen-bond donors (Lipinski definition) is 1. The second kappa shape index (κ2) is 7.42. The zero-order valence-electron chi connectivity index (χ0n) is 14.6. The Morgan fingerprint density at radius 3 is 2.33 bits per heavy atom. The summed E-state index contributed by atoms with van der Waals surface area (Å²) in [6.45, 7) is 8.62. The van der Waals surface area contributed by atoms with Crippen LogP contribution in [0.4, 0.5) is 0 Å². The minimum atomic E-state index is -2.87. The van der Waals surface area contributed by atoms with Crippen molar-refractivity contribution in [1.82, 2.24) is 10.2 Å². The standard InChI is InChI=1S/C16H34N2O2S/c1-16(2,3)14-7-8-15(17-4)13(11-14)12-18(5)9-10-21(6,19)20/h13-15,17H,7-12H2,1-6H3. The summed E-state index contributed by atoms with van der Waals surface area (Å²) in [5, 5.41) is 3.46. The maximum absolute atomic E-state index is 11.3. The Hall–Kier alpha value is -0.130. The summed E-state index contributed by atoms with van der Waals surface area (Å²) in [7, 11) is 1.22. The third kappa shape index (κ3) is 6.66. The summed E-state index contributed by atoms with van der Waals surface area (Å²) in [5.74, 6) is 1.62. The van der Waals surface area contributed by atoms with Crippen LogP contribution in [0.1, 0.15) is 40.0 Å². The fraction of sp³-hybridized carbons (Fsp3) is 1.00. The summed E-state index contributed by atoms with van der Waals surface area (Å²) in [6, 6.07) is 0.560. The number of nitrogens with zero attached hydrogens (tertiary/aromatic N) is 1. The molecule has 5 heteroatoms. The molecule has 1 N–H and O–H groups in total. The van der Waals surface area contributed by atoms with Crippen LogP contribution < -0.4 is 5.32 Å². The first kappa shape index (κ1) is 18.9. The van der Waals surface area contributed by atoms with E-state index in [4.69, 9.17) is 0 Å². The Kier molecular flexibility index (Phi) is 6.69. The van der Waals surface area contributed by atoms with Crippen LogP contribution in [0.5, 0.6) is 0 Å². The quantitative estimate of drug-likeness (QED) is 0.814. The second-order valence-corrected chi connectivity index (χ2v) is 10.2. The number of nitrogens with one attached hydrogen (secondary N) is 1. The predicted octanol–water partition coefficient (Wildman–Crippen LogP) is 2.01. The monoisotopic (exact) mass is 318 g/mol. The van der Waals surface area contributed by atoms with Gasteiger partial charge in [0.15, 0.2) is 0 Å². The average Bonchev–Trinajstić information content (AvgIpc) is 2.34. The highest BCUT2D eigenvalue weighted by Gasteiger charge is 2.35. The van der Waals surface area contributed by atoms with Crippen molar-refractivity contribution in [1.29, 1.82) is 0 Å². The molecule has 0 aliphatic heterocycles. The van der Waals surface area contributed by atoms with Crippen molar-refractivity contribution in [3.63, 3.8) is 0 Å². The van der Waals surface area contributed by atoms with Crippen molar-refractivity contribution in [2.45, 2.75) is 46.1 Å². The lowest BCUT2D eigenvalue weighted by Crippen LogP contribution is -2.46. The van der Waals surface area contributed by atoms with Crippen LogP contribution in [0.15, 0.2) is 0 Å². The Morgan fingerprint density at radius 2 is 1.86 bits per heavy atom. The molecule has 0 aromatic rings. The largest absolute Gasteiger partial charge is 0.317 e. The first-order valence-electron chi connectivity index (χ1n) is 8.06. The van der Waals surface area contributed by atoms with Crippen molar-refractivity contribution < 1.29 is 8.42 Å². The molecule has 1 aliphatic rings. The van der Waals surface area contributed by atoms with E-state index in [-0.39, 0.29) is 5.75 Å². The van der Waals surface area contributed by atoms with Gasteiger partial charge in [-0.25, -0.2) is 8.42 Å². The fourth-order valence-corrected chi connectivity index (χ4v) is 4.09. The highest BCUT2D eigenvalue weighted by atomic mass is 32.2. The lowest BCUT2D eigenvalue weighted by Gasteiger charge is -2.43. The molecule has 1 aliphatic carbocycles. The van der Waals surface area contributed by atoms with Gasteiger partial charge in [0.25, 0.3) is 0 Å². The molecule has 0 aromatic heterocycles. The molecule has 1 saturated carbocycles. The van der Waals surface area contributed by atoms with E-state index < -0.39 is 9.84 Å². The van der Waals surface area contributed by atoms with Gasteiger partial charge in [-0.05, 0) is 50.6 Å². The van der Waals surface area contributed by atoms with E-state index in [9.17, 15) is 8.42 Å². The molecule has 21 heavy (non-hydrogen) atoms. The van der Waals surface area contributed by atoms with Gasteiger partial charge in [0.1, 0.15) is 9.84 Å². The van der Waals surface area contributed by atoms with Gasteiger partial charge in [-0.15, -0.1) is 0 Å². The van der Waals surface area contributed by atoms with Gasteiger partial charge in [-0.3, -0.25) is 0 Å². The first-order chi connectivity index (χ1) is 9.53. The second-order valence-electron chi connectivity index (χ2n) is 7.92. The molecular formula is C16H34N2O2S. The van der Waals surface area contributed by atoms with E-state index in [1.807, 2.05) is 14.1 Å². The highest BCUT2D eigenvalue weighted by molar-refractivity contribution is 7.90. The molecule has 126 valence electrons. The Morgan fingerprint density at radius 1 is 1.24 bits per heavy atom. The van der Waals surface area contributed by atoms with Gasteiger partial charge < -0.3 is 10.2 Å². The Bertz CT molecular complexity index is 414. The zero-order chi connectivity index (χ0) is 16.3. The van der Waals surface area contributed by atoms with Gasteiger partial charge in [0, 0.05) is 25.4 Å². The van der Waals surface area contributed by atoms with Crippen LogP contribution in [0.25, 0.3) is 0 Å². The molecule has 0 heterocycles. The Balaban J connectivity index is 2.59. The van der Waals surface area contributed by atoms with E-state index in [0.717, 1.165) is 12.5 Å². The first-order valence-corrected chi connectivity index (χ1v) is 10.1. The van der Waals surface area contributed by atoms with Gasteiger partial charge in [0.05, 0.1) is 5.75 Å². The SMILES string of the molecule is CNC1CCC(C(C)(C)C)CC1CN(C)CCS(C)(=O)=O. The lowest BCUT2D eigenvalue weighted by atomic mass is 9.67. The van der Waals surface area contributed by atoms with Gasteiger partial charge >= 0.3 is 0 Å². The smallest absolute Gasteiger partial charge is 0.148 e. The average molecular weight is 319 g/mol. The molecule has 4 nitrogen and oxygen atoms in total. The fourth-order valence-electron chi connectivity index (χ4n) is 3.45. The molecule has 3 atom stereocenters. The van der Waals surface area contributed by atoms with E-state index in [2.05, 4.69) is 31.0 Å². The summed E-state index contributed by atoms with van der Waals surface area (Å²) in [6.07, 6.45) is 5.06. The molecule has 0 spiro atoms. The zero-order valence-corrected chi connectivity index (χ0v) is 15.5. The number of hydrogen-bond acceptors (Lipinski definition) is 4. The molecule has 1 rings (SSSR count). The molecule has 0 radical (unpaired) electrons. The molecule has 0 saturated heterocycles. The molecule has 3 unspecified atom stereocenters.